The molecule has 1 saturated carbocycles. The lowest BCUT2D eigenvalue weighted by Crippen LogP contribution is -2.14. The number of hydrogen-bond acceptors (Lipinski definition) is 3. The van der Waals surface area contributed by atoms with E-state index in [4.69, 9.17) is 4.42 Å². The Bertz CT molecular complexity index is 855. The molecule has 1 fully saturated rings. The number of benzene rings is 1. The van der Waals surface area contributed by atoms with Crippen molar-refractivity contribution in [2.75, 3.05) is 5.32 Å². The van der Waals surface area contributed by atoms with Crippen LogP contribution < -0.4 is 5.32 Å². The number of carbonyl (C=O) groups is 1. The molecule has 0 bridgehead atoms. The quantitative estimate of drug-likeness (QED) is 0.663. The highest BCUT2D eigenvalue weighted by Crippen LogP contribution is 2.47. The summed E-state index contributed by atoms with van der Waals surface area (Å²) in [6, 6.07) is 11.4. The Morgan fingerprint density at radius 3 is 2.71 bits per heavy atom. The van der Waals surface area contributed by atoms with Crippen molar-refractivity contribution >= 4 is 17.7 Å². The Hall–Kier alpha value is -2.80. The molecular weight excluding hydrogens is 300 g/mol. The van der Waals surface area contributed by atoms with Gasteiger partial charge < -0.3 is 9.73 Å². The lowest BCUT2D eigenvalue weighted by molar-refractivity contribution is -0.112. The molecule has 24 heavy (non-hydrogen) atoms. The topological polar surface area (TPSA) is 66.0 Å². The first kappa shape index (κ1) is 16.1. The van der Waals surface area contributed by atoms with Crippen LogP contribution in [0.1, 0.15) is 41.9 Å². The van der Waals surface area contributed by atoms with Crippen molar-refractivity contribution in [1.82, 2.24) is 0 Å². The van der Waals surface area contributed by atoms with Gasteiger partial charge >= 0.3 is 0 Å². The zero-order chi connectivity index (χ0) is 17.3. The molecule has 2 aromatic rings. The molecule has 1 amide bonds. The molecule has 0 spiro atoms. The van der Waals surface area contributed by atoms with Crippen LogP contribution in [0, 0.1) is 31.1 Å². The highest BCUT2D eigenvalue weighted by molar-refractivity contribution is 6.09. The van der Waals surface area contributed by atoms with Crippen molar-refractivity contribution in [3.8, 4) is 6.07 Å². The van der Waals surface area contributed by atoms with Gasteiger partial charge in [0.25, 0.3) is 5.91 Å². The van der Waals surface area contributed by atoms with E-state index in [1.165, 1.54) is 6.08 Å². The monoisotopic (exact) mass is 320 g/mol. The van der Waals surface area contributed by atoms with Crippen molar-refractivity contribution in [2.45, 2.75) is 33.1 Å². The highest BCUT2D eigenvalue weighted by Gasteiger charge is 2.36. The second-order valence-corrected chi connectivity index (χ2v) is 6.50. The average Bonchev–Trinajstić information content (AvgIpc) is 3.09. The van der Waals surface area contributed by atoms with Gasteiger partial charge in [-0.15, -0.1) is 0 Å². The first-order chi connectivity index (χ1) is 11.5. The van der Waals surface area contributed by atoms with E-state index in [9.17, 15) is 10.1 Å². The highest BCUT2D eigenvalue weighted by atomic mass is 16.3. The molecule has 1 aromatic heterocycles. The zero-order valence-electron chi connectivity index (χ0n) is 14.1. The van der Waals surface area contributed by atoms with Crippen LogP contribution in [0.4, 0.5) is 5.69 Å². The molecule has 0 radical (unpaired) electrons. The van der Waals surface area contributed by atoms with Crippen LogP contribution in [-0.4, -0.2) is 5.91 Å². The van der Waals surface area contributed by atoms with Crippen molar-refractivity contribution < 1.29 is 9.21 Å². The summed E-state index contributed by atoms with van der Waals surface area (Å²) in [4.78, 5) is 12.3. The summed E-state index contributed by atoms with van der Waals surface area (Å²) in [6.45, 7) is 6.10. The van der Waals surface area contributed by atoms with Crippen LogP contribution in [-0.2, 0) is 4.79 Å². The van der Waals surface area contributed by atoms with Gasteiger partial charge in [0.2, 0.25) is 0 Å². The van der Waals surface area contributed by atoms with Gasteiger partial charge in [-0.3, -0.25) is 4.79 Å². The van der Waals surface area contributed by atoms with Gasteiger partial charge in [0, 0.05) is 17.7 Å². The number of hydrogen-bond donors (Lipinski definition) is 1. The number of nitriles is 1. The van der Waals surface area contributed by atoms with Crippen molar-refractivity contribution in [3.63, 3.8) is 0 Å². The van der Waals surface area contributed by atoms with Gasteiger partial charge in [0.15, 0.2) is 0 Å². The number of aryl methyl sites for hydroxylation is 2. The lowest BCUT2D eigenvalue weighted by Gasteiger charge is -2.08. The van der Waals surface area contributed by atoms with Gasteiger partial charge in [0.05, 0.1) is 0 Å². The largest absolute Gasteiger partial charge is 0.461 e. The molecule has 4 heteroatoms. The van der Waals surface area contributed by atoms with Crippen LogP contribution >= 0.6 is 0 Å². The maximum absolute atomic E-state index is 12.3. The summed E-state index contributed by atoms with van der Waals surface area (Å²) < 4.78 is 5.74. The van der Waals surface area contributed by atoms with E-state index >= 15 is 0 Å². The first-order valence-corrected chi connectivity index (χ1v) is 8.08. The Kier molecular flexibility index (Phi) is 4.26. The predicted molar refractivity (Wildman–Crippen MR) is 93.4 cm³/mol. The minimum Gasteiger partial charge on any atom is -0.461 e. The number of furan rings is 1. The van der Waals surface area contributed by atoms with Crippen LogP contribution in [0.25, 0.3) is 6.08 Å². The SMILES string of the molecule is Cc1ccc(NC(=O)/C(C#N)=C/c2ccc([C@@H]3C[C@H]3C)o2)c(C)c1. The van der Waals surface area contributed by atoms with Crippen LogP contribution in [0.15, 0.2) is 40.3 Å². The standard InChI is InChI=1S/C20H20N2O2/c1-12-4-6-18(14(3)8-12)22-20(23)15(11-21)10-16-5-7-19(24-16)17-9-13(17)2/h4-8,10,13,17H,9H2,1-3H3,(H,22,23)/b15-10+/t13-,17-/m1/s1. The maximum Gasteiger partial charge on any atom is 0.266 e. The molecule has 1 aliphatic carbocycles. The van der Waals surface area contributed by atoms with Crippen molar-refractivity contribution in [1.29, 1.82) is 5.26 Å². The number of nitrogens with one attached hydrogen (secondary N) is 1. The van der Waals surface area contributed by atoms with E-state index < -0.39 is 5.91 Å². The van der Waals surface area contributed by atoms with Gasteiger partial charge in [-0.1, -0.05) is 24.6 Å². The number of anilines is 1. The molecule has 3 rings (SSSR count). The van der Waals surface area contributed by atoms with Crippen LogP contribution in [0.3, 0.4) is 0 Å². The number of rotatable bonds is 4. The molecule has 0 unspecified atom stereocenters. The van der Waals surface area contributed by atoms with E-state index in [1.54, 1.807) is 0 Å². The fourth-order valence-corrected chi connectivity index (χ4v) is 2.80. The van der Waals surface area contributed by atoms with Crippen molar-refractivity contribution in [3.05, 3.63) is 58.6 Å². The molecule has 0 saturated heterocycles. The molecule has 1 aromatic carbocycles. The summed E-state index contributed by atoms with van der Waals surface area (Å²) in [5.41, 5.74) is 2.82. The maximum atomic E-state index is 12.3. The second kappa shape index (κ2) is 6.37. The second-order valence-electron chi connectivity index (χ2n) is 6.50. The molecular formula is C20H20N2O2. The summed E-state index contributed by atoms with van der Waals surface area (Å²) >= 11 is 0. The van der Waals surface area contributed by atoms with Crippen LogP contribution in [0.5, 0.6) is 0 Å². The minimum absolute atomic E-state index is 0.0275. The Balaban J connectivity index is 1.76. The number of amides is 1. The smallest absolute Gasteiger partial charge is 0.266 e. The lowest BCUT2D eigenvalue weighted by atomic mass is 10.1. The van der Waals surface area contributed by atoms with Crippen LogP contribution in [0.2, 0.25) is 0 Å². The van der Waals surface area contributed by atoms with E-state index in [1.807, 2.05) is 50.2 Å². The molecule has 122 valence electrons. The van der Waals surface area contributed by atoms with Crippen molar-refractivity contribution in [2.24, 2.45) is 5.92 Å². The molecule has 1 aliphatic rings. The molecule has 1 heterocycles. The van der Waals surface area contributed by atoms with E-state index in [0.29, 0.717) is 23.3 Å². The van der Waals surface area contributed by atoms with Gasteiger partial charge in [-0.05, 0) is 49.9 Å². The third kappa shape index (κ3) is 3.41. The first-order valence-electron chi connectivity index (χ1n) is 8.08. The Morgan fingerprint density at radius 2 is 2.08 bits per heavy atom. The van der Waals surface area contributed by atoms with E-state index in [0.717, 1.165) is 23.3 Å². The molecule has 4 nitrogen and oxygen atoms in total. The zero-order valence-corrected chi connectivity index (χ0v) is 14.1. The minimum atomic E-state index is -0.429. The number of nitrogens with zero attached hydrogens (tertiary/aromatic N) is 1. The third-order valence-electron chi connectivity index (χ3n) is 4.40. The van der Waals surface area contributed by atoms with E-state index in [-0.39, 0.29) is 5.57 Å². The van der Waals surface area contributed by atoms with Gasteiger partial charge in [-0.25, -0.2) is 0 Å². The Labute approximate surface area is 141 Å². The normalized spacial score (nSPS) is 19.7. The summed E-state index contributed by atoms with van der Waals surface area (Å²) in [5.74, 6) is 2.16. The van der Waals surface area contributed by atoms with E-state index in [2.05, 4.69) is 12.2 Å². The molecule has 0 aliphatic heterocycles. The number of carbonyl (C=O) groups excluding carboxylic acids is 1. The fourth-order valence-electron chi connectivity index (χ4n) is 2.80. The van der Waals surface area contributed by atoms with Gasteiger partial charge in [-0.2, -0.15) is 5.26 Å². The third-order valence-corrected chi connectivity index (χ3v) is 4.40. The van der Waals surface area contributed by atoms with Gasteiger partial charge in [0.1, 0.15) is 23.2 Å². The molecule has 2 atom stereocenters. The summed E-state index contributed by atoms with van der Waals surface area (Å²) in [7, 11) is 0. The Morgan fingerprint density at radius 1 is 1.33 bits per heavy atom. The molecule has 1 N–H and O–H groups in total. The predicted octanol–water partition coefficient (Wildman–Crippen LogP) is 4.57. The average molecular weight is 320 g/mol. The fraction of sp³-hybridized carbons (Fsp3) is 0.300. The summed E-state index contributed by atoms with van der Waals surface area (Å²) in [5, 5.41) is 12.1. The summed E-state index contributed by atoms with van der Waals surface area (Å²) in [6.07, 6.45) is 2.63.